The van der Waals surface area contributed by atoms with E-state index in [1.165, 1.54) is 11.8 Å². The molecule has 1 aromatic heterocycles. The van der Waals surface area contributed by atoms with Gasteiger partial charge in [-0.05, 0) is 77.1 Å². The maximum absolute atomic E-state index is 12.8. The van der Waals surface area contributed by atoms with E-state index >= 15 is 0 Å². The van der Waals surface area contributed by atoms with Crippen LogP contribution in [0.2, 0.25) is 5.02 Å². The maximum Gasteiger partial charge on any atom is 0.250 e. The standard InChI is InChI=1S/C32H36ClN5O3S/c1-31(2,3)25-16-20(17-26(28(25)40)32(4,5)6)18-34-35-27(39)19-42-30-37-36-29(21-8-14-24(41-7)15-9-21)38(30)23-12-10-22(33)11-13-23/h8-18,40H,19H2,1-7H3,(H,35,39)/b34-18+. The lowest BCUT2D eigenvalue weighted by Gasteiger charge is -2.27. The van der Waals surface area contributed by atoms with E-state index in [0.29, 0.717) is 21.8 Å². The van der Waals surface area contributed by atoms with Crippen LogP contribution >= 0.6 is 23.4 Å². The molecule has 4 aromatic rings. The molecule has 0 atom stereocenters. The summed E-state index contributed by atoms with van der Waals surface area (Å²) in [6, 6.07) is 18.7. The maximum atomic E-state index is 12.8. The molecule has 3 aromatic carbocycles. The van der Waals surface area contributed by atoms with Gasteiger partial charge in [0.15, 0.2) is 11.0 Å². The normalized spacial score (nSPS) is 12.1. The summed E-state index contributed by atoms with van der Waals surface area (Å²) >= 11 is 7.38. The lowest BCUT2D eigenvalue weighted by molar-refractivity contribution is -0.118. The smallest absolute Gasteiger partial charge is 0.250 e. The van der Waals surface area contributed by atoms with Crippen LogP contribution in [-0.2, 0) is 15.6 Å². The molecule has 0 spiro atoms. The van der Waals surface area contributed by atoms with Gasteiger partial charge >= 0.3 is 0 Å². The number of rotatable bonds is 8. The number of ether oxygens (including phenoxy) is 1. The van der Waals surface area contributed by atoms with Gasteiger partial charge in [0, 0.05) is 27.4 Å². The Balaban J connectivity index is 1.53. The second kappa shape index (κ2) is 12.6. The summed E-state index contributed by atoms with van der Waals surface area (Å²) in [6.45, 7) is 12.3. The van der Waals surface area contributed by atoms with E-state index in [1.807, 2.05) is 53.1 Å². The van der Waals surface area contributed by atoms with Gasteiger partial charge in [-0.15, -0.1) is 10.2 Å². The quantitative estimate of drug-likeness (QED) is 0.126. The zero-order chi connectivity index (χ0) is 30.7. The van der Waals surface area contributed by atoms with Crippen molar-refractivity contribution in [3.05, 3.63) is 82.4 Å². The van der Waals surface area contributed by atoms with Crippen molar-refractivity contribution in [3.8, 4) is 28.6 Å². The first-order valence-corrected chi connectivity index (χ1v) is 14.8. The van der Waals surface area contributed by atoms with Crippen molar-refractivity contribution in [2.24, 2.45) is 5.10 Å². The third-order valence-corrected chi connectivity index (χ3v) is 7.73. The number of benzene rings is 3. The molecule has 42 heavy (non-hydrogen) atoms. The van der Waals surface area contributed by atoms with Crippen LogP contribution in [0.1, 0.15) is 58.2 Å². The average molecular weight is 606 g/mol. The topological polar surface area (TPSA) is 102 Å². The second-order valence-electron chi connectivity index (χ2n) is 11.9. The monoisotopic (exact) mass is 605 g/mol. The van der Waals surface area contributed by atoms with Crippen LogP contribution < -0.4 is 10.2 Å². The van der Waals surface area contributed by atoms with Gasteiger partial charge < -0.3 is 9.84 Å². The molecule has 8 nitrogen and oxygen atoms in total. The van der Waals surface area contributed by atoms with Crippen LogP contribution in [0.3, 0.4) is 0 Å². The van der Waals surface area contributed by atoms with Gasteiger partial charge in [-0.2, -0.15) is 5.10 Å². The first kappa shape index (κ1) is 31.1. The summed E-state index contributed by atoms with van der Waals surface area (Å²) in [6.07, 6.45) is 1.60. The van der Waals surface area contributed by atoms with Crippen molar-refractivity contribution < 1.29 is 14.6 Å². The fraction of sp³-hybridized carbons (Fsp3) is 0.312. The molecule has 2 N–H and O–H groups in total. The first-order valence-electron chi connectivity index (χ1n) is 13.5. The number of aromatic hydroxyl groups is 1. The van der Waals surface area contributed by atoms with Gasteiger partial charge in [0.05, 0.1) is 19.1 Å². The Hall–Kier alpha value is -3.82. The summed E-state index contributed by atoms with van der Waals surface area (Å²) in [5, 5.41) is 25.1. The number of nitrogens with zero attached hydrogens (tertiary/aromatic N) is 4. The van der Waals surface area contributed by atoms with Gasteiger partial charge in [0.1, 0.15) is 11.5 Å². The number of amides is 1. The highest BCUT2D eigenvalue weighted by molar-refractivity contribution is 7.99. The molecular weight excluding hydrogens is 570 g/mol. The molecule has 0 fully saturated rings. The minimum atomic E-state index is -0.293. The first-order chi connectivity index (χ1) is 19.8. The summed E-state index contributed by atoms with van der Waals surface area (Å²) in [5.41, 5.74) is 6.18. The van der Waals surface area contributed by atoms with Crippen molar-refractivity contribution in [1.29, 1.82) is 0 Å². The highest BCUT2D eigenvalue weighted by Crippen LogP contribution is 2.39. The Kier molecular flexibility index (Phi) is 9.33. The van der Waals surface area contributed by atoms with E-state index in [1.54, 1.807) is 25.5 Å². The van der Waals surface area contributed by atoms with E-state index < -0.39 is 0 Å². The zero-order valence-electron chi connectivity index (χ0n) is 24.9. The van der Waals surface area contributed by atoms with Crippen molar-refractivity contribution in [2.45, 2.75) is 57.5 Å². The van der Waals surface area contributed by atoms with E-state index in [9.17, 15) is 9.90 Å². The van der Waals surface area contributed by atoms with Crippen LogP contribution in [0.15, 0.2) is 70.9 Å². The van der Waals surface area contributed by atoms with Gasteiger partial charge in [0.2, 0.25) is 0 Å². The van der Waals surface area contributed by atoms with Crippen molar-refractivity contribution in [2.75, 3.05) is 12.9 Å². The molecule has 1 heterocycles. The van der Waals surface area contributed by atoms with Crippen LogP contribution in [0.5, 0.6) is 11.5 Å². The molecule has 0 saturated carbocycles. The summed E-state index contributed by atoms with van der Waals surface area (Å²) < 4.78 is 7.17. The summed E-state index contributed by atoms with van der Waals surface area (Å²) in [5.74, 6) is 1.43. The Morgan fingerprint density at radius 1 is 1.00 bits per heavy atom. The third-order valence-electron chi connectivity index (χ3n) is 6.55. The zero-order valence-corrected chi connectivity index (χ0v) is 26.5. The number of aromatic nitrogens is 3. The largest absolute Gasteiger partial charge is 0.507 e. The number of carbonyl (C=O) groups is 1. The molecule has 220 valence electrons. The van der Waals surface area contributed by atoms with Crippen LogP contribution in [-0.4, -0.2) is 44.9 Å². The van der Waals surface area contributed by atoms with Crippen molar-refractivity contribution >= 4 is 35.5 Å². The third kappa shape index (κ3) is 7.33. The van der Waals surface area contributed by atoms with E-state index in [-0.39, 0.29) is 22.5 Å². The molecule has 0 aliphatic rings. The predicted molar refractivity (Wildman–Crippen MR) is 170 cm³/mol. The Morgan fingerprint density at radius 3 is 2.14 bits per heavy atom. The van der Waals surface area contributed by atoms with Gasteiger partial charge in [-0.1, -0.05) is 64.9 Å². The SMILES string of the molecule is COc1ccc(-c2nnc(SCC(=O)N/N=C/c3cc(C(C)(C)C)c(O)c(C(C)(C)C)c3)n2-c2ccc(Cl)cc2)cc1. The van der Waals surface area contributed by atoms with E-state index in [0.717, 1.165) is 33.7 Å². The Labute approximate surface area is 256 Å². The van der Waals surface area contributed by atoms with Crippen LogP contribution in [0.4, 0.5) is 0 Å². The second-order valence-corrected chi connectivity index (χ2v) is 13.3. The van der Waals surface area contributed by atoms with Crippen LogP contribution in [0.25, 0.3) is 17.1 Å². The number of hydrazone groups is 1. The minimum Gasteiger partial charge on any atom is -0.507 e. The van der Waals surface area contributed by atoms with Crippen molar-refractivity contribution in [3.63, 3.8) is 0 Å². The lowest BCUT2D eigenvalue weighted by atomic mass is 9.78. The molecule has 0 saturated heterocycles. The highest BCUT2D eigenvalue weighted by Gasteiger charge is 2.26. The molecule has 0 aliphatic carbocycles. The van der Waals surface area contributed by atoms with E-state index in [4.69, 9.17) is 16.3 Å². The van der Waals surface area contributed by atoms with Crippen molar-refractivity contribution in [1.82, 2.24) is 20.2 Å². The minimum absolute atomic E-state index is 0.0712. The number of methoxy groups -OCH3 is 1. The number of halogens is 1. The number of thioether (sulfide) groups is 1. The molecule has 4 rings (SSSR count). The summed E-state index contributed by atoms with van der Waals surface area (Å²) in [4.78, 5) is 12.8. The number of hydrogen-bond acceptors (Lipinski definition) is 7. The highest BCUT2D eigenvalue weighted by atomic mass is 35.5. The molecule has 0 aliphatic heterocycles. The Bertz CT molecular complexity index is 1550. The van der Waals surface area contributed by atoms with Crippen LogP contribution in [0, 0.1) is 0 Å². The number of phenolic OH excluding ortho intramolecular Hbond substituents is 1. The fourth-order valence-corrected chi connectivity index (χ4v) is 5.20. The lowest BCUT2D eigenvalue weighted by Crippen LogP contribution is -2.20. The number of carbonyl (C=O) groups excluding carboxylic acids is 1. The molecule has 10 heteroatoms. The Morgan fingerprint density at radius 2 is 1.60 bits per heavy atom. The average Bonchev–Trinajstić information content (AvgIpc) is 3.35. The van der Waals surface area contributed by atoms with E-state index in [2.05, 4.69) is 62.3 Å². The van der Waals surface area contributed by atoms with Gasteiger partial charge in [-0.3, -0.25) is 9.36 Å². The predicted octanol–water partition coefficient (Wildman–Crippen LogP) is 7.14. The number of nitrogens with one attached hydrogen (secondary N) is 1. The molecular formula is C32H36ClN5O3S. The number of hydrogen-bond donors (Lipinski definition) is 2. The molecule has 0 radical (unpaired) electrons. The van der Waals surface area contributed by atoms with Gasteiger partial charge in [-0.25, -0.2) is 5.43 Å². The number of phenols is 1. The van der Waals surface area contributed by atoms with Gasteiger partial charge in [0.25, 0.3) is 5.91 Å². The molecule has 0 bridgehead atoms. The molecule has 1 amide bonds. The summed E-state index contributed by atoms with van der Waals surface area (Å²) in [7, 11) is 1.62. The molecule has 0 unspecified atom stereocenters. The fourth-order valence-electron chi connectivity index (χ4n) is 4.33.